The Hall–Kier alpha value is -2.33. The average molecular weight is 552 g/mol. The van der Waals surface area contributed by atoms with Gasteiger partial charge in [-0.3, -0.25) is 9.79 Å². The molecule has 174 valence electrons. The van der Waals surface area contributed by atoms with Crippen molar-refractivity contribution in [2.75, 3.05) is 38.7 Å². The number of nitrogens with zero attached hydrogens (tertiary/aromatic N) is 1. The number of guanidine groups is 1. The van der Waals surface area contributed by atoms with Crippen LogP contribution in [0.25, 0.3) is 0 Å². The predicted molar refractivity (Wildman–Crippen MR) is 139 cm³/mol. The summed E-state index contributed by atoms with van der Waals surface area (Å²) in [5.41, 5.74) is 3.19. The molecule has 1 amide bonds. The molecule has 3 N–H and O–H groups in total. The standard InChI is InChI=1S/C24H32N4O3.HI/c1-18(19-7-4-3-5-8-19)30-15-6-13-26-24(25-2)27-14-16-31-21-10-11-22-20(17-21)9-12-23(29)28-22;/h3-5,7-8,10-11,17-18H,6,9,12-16H2,1-2H3,(H,28,29)(H2,25,26,27);1H. The van der Waals surface area contributed by atoms with Crippen LogP contribution in [0, 0.1) is 0 Å². The first-order chi connectivity index (χ1) is 15.2. The number of fused-ring (bicyclic) bond motifs is 1. The lowest BCUT2D eigenvalue weighted by atomic mass is 10.0. The first-order valence-corrected chi connectivity index (χ1v) is 10.8. The van der Waals surface area contributed by atoms with Crippen LogP contribution in [0.3, 0.4) is 0 Å². The number of carbonyl (C=O) groups is 1. The lowest BCUT2D eigenvalue weighted by Crippen LogP contribution is -2.39. The summed E-state index contributed by atoms with van der Waals surface area (Å²) in [5.74, 6) is 1.62. The highest BCUT2D eigenvalue weighted by Crippen LogP contribution is 2.26. The third-order valence-corrected chi connectivity index (χ3v) is 5.11. The molecule has 0 fully saturated rings. The molecule has 1 aliphatic rings. The minimum Gasteiger partial charge on any atom is -0.492 e. The molecule has 1 atom stereocenters. The average Bonchev–Trinajstić information content (AvgIpc) is 2.80. The van der Waals surface area contributed by atoms with Crippen LogP contribution in [-0.4, -0.2) is 45.2 Å². The van der Waals surface area contributed by atoms with Crippen molar-refractivity contribution in [3.05, 3.63) is 59.7 Å². The topological polar surface area (TPSA) is 84.0 Å². The number of anilines is 1. The van der Waals surface area contributed by atoms with E-state index in [1.165, 1.54) is 5.56 Å². The molecule has 0 aliphatic carbocycles. The van der Waals surface area contributed by atoms with E-state index < -0.39 is 0 Å². The Morgan fingerprint density at radius 3 is 2.66 bits per heavy atom. The van der Waals surface area contributed by atoms with Crippen molar-refractivity contribution in [3.8, 4) is 5.75 Å². The molecule has 0 bridgehead atoms. The minimum absolute atomic E-state index is 0. The highest BCUT2D eigenvalue weighted by molar-refractivity contribution is 14.0. The molecule has 3 rings (SSSR count). The van der Waals surface area contributed by atoms with Gasteiger partial charge in [0.05, 0.1) is 12.6 Å². The van der Waals surface area contributed by atoms with Gasteiger partial charge in [0.15, 0.2) is 5.96 Å². The van der Waals surface area contributed by atoms with Gasteiger partial charge in [0.2, 0.25) is 5.91 Å². The van der Waals surface area contributed by atoms with Gasteiger partial charge in [0.1, 0.15) is 12.4 Å². The Kier molecular flexibility index (Phi) is 11.3. The molecule has 1 aliphatic heterocycles. The molecule has 2 aromatic rings. The van der Waals surface area contributed by atoms with Crippen LogP contribution in [0.2, 0.25) is 0 Å². The zero-order valence-electron chi connectivity index (χ0n) is 18.7. The quantitative estimate of drug-likeness (QED) is 0.180. The van der Waals surface area contributed by atoms with Crippen molar-refractivity contribution < 1.29 is 14.3 Å². The van der Waals surface area contributed by atoms with Gasteiger partial charge >= 0.3 is 0 Å². The maximum Gasteiger partial charge on any atom is 0.224 e. The molecule has 0 radical (unpaired) electrons. The normalized spacial score (nSPS) is 13.9. The van der Waals surface area contributed by atoms with Crippen molar-refractivity contribution >= 4 is 41.5 Å². The summed E-state index contributed by atoms with van der Waals surface area (Å²) < 4.78 is 11.7. The molecule has 0 saturated heterocycles. The molecular formula is C24H33IN4O3. The molecule has 1 unspecified atom stereocenters. The molecule has 32 heavy (non-hydrogen) atoms. The number of rotatable bonds is 10. The molecular weight excluding hydrogens is 519 g/mol. The predicted octanol–water partition coefficient (Wildman–Crippen LogP) is 3.90. The molecule has 0 saturated carbocycles. The van der Waals surface area contributed by atoms with Crippen LogP contribution in [0.15, 0.2) is 53.5 Å². The van der Waals surface area contributed by atoms with Crippen LogP contribution in [0.5, 0.6) is 5.75 Å². The lowest BCUT2D eigenvalue weighted by molar-refractivity contribution is -0.116. The second-order valence-corrected chi connectivity index (χ2v) is 7.42. The summed E-state index contributed by atoms with van der Waals surface area (Å²) in [7, 11) is 1.75. The summed E-state index contributed by atoms with van der Waals surface area (Å²) in [6, 6.07) is 16.0. The van der Waals surface area contributed by atoms with Crippen molar-refractivity contribution in [1.82, 2.24) is 10.6 Å². The van der Waals surface area contributed by atoms with Gasteiger partial charge in [0, 0.05) is 32.3 Å². The molecule has 0 spiro atoms. The van der Waals surface area contributed by atoms with Gasteiger partial charge in [-0.25, -0.2) is 0 Å². The van der Waals surface area contributed by atoms with Gasteiger partial charge in [-0.2, -0.15) is 0 Å². The third kappa shape index (κ3) is 8.31. The number of amides is 1. The van der Waals surface area contributed by atoms with Gasteiger partial charge in [0.25, 0.3) is 0 Å². The Labute approximate surface area is 207 Å². The van der Waals surface area contributed by atoms with E-state index in [0.29, 0.717) is 26.2 Å². The summed E-state index contributed by atoms with van der Waals surface area (Å²) in [6.07, 6.45) is 2.26. The third-order valence-electron chi connectivity index (χ3n) is 5.11. The van der Waals surface area contributed by atoms with E-state index in [-0.39, 0.29) is 36.0 Å². The fourth-order valence-electron chi connectivity index (χ4n) is 3.37. The van der Waals surface area contributed by atoms with Gasteiger partial charge in [-0.15, -0.1) is 24.0 Å². The number of hydrogen-bond acceptors (Lipinski definition) is 4. The fourth-order valence-corrected chi connectivity index (χ4v) is 3.37. The largest absolute Gasteiger partial charge is 0.492 e. The van der Waals surface area contributed by atoms with Gasteiger partial charge in [-0.05, 0) is 49.1 Å². The smallest absolute Gasteiger partial charge is 0.224 e. The monoisotopic (exact) mass is 552 g/mol. The van der Waals surface area contributed by atoms with E-state index >= 15 is 0 Å². The van der Waals surface area contributed by atoms with E-state index in [4.69, 9.17) is 9.47 Å². The van der Waals surface area contributed by atoms with E-state index in [1.54, 1.807) is 7.05 Å². The first kappa shape index (κ1) is 25.9. The first-order valence-electron chi connectivity index (χ1n) is 10.8. The summed E-state index contributed by atoms with van der Waals surface area (Å²) >= 11 is 0. The van der Waals surface area contributed by atoms with Crippen LogP contribution in [0.4, 0.5) is 5.69 Å². The highest BCUT2D eigenvalue weighted by atomic mass is 127. The Bertz CT molecular complexity index is 877. The fraction of sp³-hybridized carbons (Fsp3) is 0.417. The Balaban J connectivity index is 0.00000363. The van der Waals surface area contributed by atoms with E-state index in [2.05, 4.69) is 40.0 Å². The lowest BCUT2D eigenvalue weighted by Gasteiger charge is -2.18. The number of halogens is 1. The highest BCUT2D eigenvalue weighted by Gasteiger charge is 2.15. The zero-order valence-corrected chi connectivity index (χ0v) is 21.1. The van der Waals surface area contributed by atoms with Crippen LogP contribution in [-0.2, 0) is 16.0 Å². The van der Waals surface area contributed by atoms with Crippen LogP contribution < -0.4 is 20.7 Å². The summed E-state index contributed by atoms with van der Waals surface area (Å²) in [6.45, 7) is 4.68. The minimum atomic E-state index is 0. The maximum atomic E-state index is 11.4. The second-order valence-electron chi connectivity index (χ2n) is 7.42. The number of nitrogens with one attached hydrogen (secondary N) is 3. The number of aliphatic imine (C=N–C) groups is 1. The van der Waals surface area contributed by atoms with Crippen molar-refractivity contribution in [2.45, 2.75) is 32.3 Å². The maximum absolute atomic E-state index is 11.4. The number of hydrogen-bond donors (Lipinski definition) is 3. The van der Waals surface area contributed by atoms with Crippen molar-refractivity contribution in [2.24, 2.45) is 4.99 Å². The van der Waals surface area contributed by atoms with E-state index in [0.717, 1.165) is 42.3 Å². The number of carbonyl (C=O) groups excluding carboxylic acids is 1. The SMILES string of the molecule is CN=C(NCCCOC(C)c1ccccc1)NCCOc1ccc2c(c1)CCC(=O)N2.I. The van der Waals surface area contributed by atoms with E-state index in [9.17, 15) is 4.79 Å². The van der Waals surface area contributed by atoms with Crippen LogP contribution >= 0.6 is 24.0 Å². The number of aryl methyl sites for hydroxylation is 1. The Morgan fingerprint density at radius 2 is 1.88 bits per heavy atom. The molecule has 8 heteroatoms. The van der Waals surface area contributed by atoms with Crippen molar-refractivity contribution in [1.29, 1.82) is 0 Å². The van der Waals surface area contributed by atoms with E-state index in [1.807, 2.05) is 36.4 Å². The van der Waals surface area contributed by atoms with Crippen molar-refractivity contribution in [3.63, 3.8) is 0 Å². The zero-order chi connectivity index (χ0) is 21.9. The molecule has 2 aromatic carbocycles. The second kappa shape index (κ2) is 13.9. The Morgan fingerprint density at radius 1 is 1.09 bits per heavy atom. The van der Waals surface area contributed by atoms with Crippen LogP contribution in [0.1, 0.15) is 37.0 Å². The molecule has 7 nitrogen and oxygen atoms in total. The summed E-state index contributed by atoms with van der Waals surface area (Å²) in [4.78, 5) is 15.7. The summed E-state index contributed by atoms with van der Waals surface area (Å²) in [5, 5.41) is 9.42. The molecule has 0 aromatic heterocycles. The number of ether oxygens (including phenoxy) is 2. The number of benzene rings is 2. The van der Waals surface area contributed by atoms with Gasteiger partial charge in [-0.1, -0.05) is 30.3 Å². The molecule has 1 heterocycles. The van der Waals surface area contributed by atoms with Gasteiger partial charge < -0.3 is 25.4 Å².